The molecule has 2 aromatic rings. The molecule has 4 nitrogen and oxygen atoms in total. The summed E-state index contributed by atoms with van der Waals surface area (Å²) in [6.45, 7) is 1.17. The standard InChI is InChI=1S/C23H25NO3/c25-22-20-11-4-5-12-21(20)23(26)24(22)14-13-17-9-6-10-19(15-17)27-16-18-7-2-1-3-8-18/h4-6,9-12,15,18H,1-3,7-8,13-14,16H2. The Balaban J connectivity index is 1.35. The molecular formula is C23H25NO3. The van der Waals surface area contributed by atoms with E-state index in [0.717, 1.165) is 17.9 Å². The third-order valence-electron chi connectivity index (χ3n) is 5.61. The first-order valence-electron chi connectivity index (χ1n) is 9.89. The van der Waals surface area contributed by atoms with E-state index in [4.69, 9.17) is 4.74 Å². The number of carbonyl (C=O) groups excluding carboxylic acids is 2. The van der Waals surface area contributed by atoms with Gasteiger partial charge >= 0.3 is 0 Å². The summed E-state index contributed by atoms with van der Waals surface area (Å²) >= 11 is 0. The van der Waals surface area contributed by atoms with Crippen LogP contribution in [0.5, 0.6) is 5.75 Å². The Morgan fingerprint density at radius 3 is 2.30 bits per heavy atom. The van der Waals surface area contributed by atoms with Crippen molar-refractivity contribution in [3.05, 3.63) is 65.2 Å². The molecule has 4 rings (SSSR count). The molecule has 0 atom stereocenters. The lowest BCUT2D eigenvalue weighted by Gasteiger charge is -2.21. The van der Waals surface area contributed by atoms with Crippen molar-refractivity contribution in [1.29, 1.82) is 0 Å². The van der Waals surface area contributed by atoms with Crippen LogP contribution in [0.15, 0.2) is 48.5 Å². The van der Waals surface area contributed by atoms with E-state index in [1.54, 1.807) is 24.3 Å². The summed E-state index contributed by atoms with van der Waals surface area (Å²) in [4.78, 5) is 26.3. The van der Waals surface area contributed by atoms with Gasteiger partial charge in [-0.2, -0.15) is 0 Å². The minimum absolute atomic E-state index is 0.194. The predicted octanol–water partition coefficient (Wildman–Crippen LogP) is 4.48. The number of fused-ring (bicyclic) bond motifs is 1. The molecule has 1 aliphatic heterocycles. The second-order valence-electron chi connectivity index (χ2n) is 7.52. The Morgan fingerprint density at radius 2 is 1.59 bits per heavy atom. The minimum atomic E-state index is -0.194. The van der Waals surface area contributed by atoms with Gasteiger partial charge in [-0.3, -0.25) is 14.5 Å². The fraction of sp³-hybridized carbons (Fsp3) is 0.391. The molecule has 0 spiro atoms. The van der Waals surface area contributed by atoms with E-state index in [0.29, 0.717) is 30.0 Å². The maximum Gasteiger partial charge on any atom is 0.261 e. The average Bonchev–Trinajstić information content (AvgIpc) is 2.96. The maximum atomic E-state index is 12.5. The van der Waals surface area contributed by atoms with Crippen molar-refractivity contribution in [1.82, 2.24) is 4.90 Å². The van der Waals surface area contributed by atoms with Gasteiger partial charge in [0.05, 0.1) is 17.7 Å². The van der Waals surface area contributed by atoms with Gasteiger partial charge in [-0.25, -0.2) is 0 Å². The Morgan fingerprint density at radius 1 is 0.889 bits per heavy atom. The van der Waals surface area contributed by atoms with Gasteiger partial charge in [0.15, 0.2) is 0 Å². The molecule has 0 unspecified atom stereocenters. The molecule has 2 amide bonds. The Bertz CT molecular complexity index is 804. The lowest BCUT2D eigenvalue weighted by atomic mass is 9.90. The number of rotatable bonds is 6. The van der Waals surface area contributed by atoms with Crippen molar-refractivity contribution in [2.75, 3.05) is 13.2 Å². The number of amides is 2. The van der Waals surface area contributed by atoms with Crippen LogP contribution >= 0.6 is 0 Å². The van der Waals surface area contributed by atoms with E-state index in [1.807, 2.05) is 24.3 Å². The van der Waals surface area contributed by atoms with Gasteiger partial charge in [0.2, 0.25) is 0 Å². The van der Waals surface area contributed by atoms with E-state index < -0.39 is 0 Å². The van der Waals surface area contributed by atoms with Crippen LogP contribution in [0.2, 0.25) is 0 Å². The highest BCUT2D eigenvalue weighted by Crippen LogP contribution is 2.26. The normalized spacial score (nSPS) is 17.3. The molecule has 2 aliphatic rings. The van der Waals surface area contributed by atoms with Gasteiger partial charge in [0, 0.05) is 6.54 Å². The fourth-order valence-corrected chi connectivity index (χ4v) is 4.04. The smallest absolute Gasteiger partial charge is 0.261 e. The first-order valence-corrected chi connectivity index (χ1v) is 9.89. The Kier molecular flexibility index (Phi) is 5.23. The second-order valence-corrected chi connectivity index (χ2v) is 7.52. The van der Waals surface area contributed by atoms with Crippen molar-refractivity contribution in [3.63, 3.8) is 0 Å². The lowest BCUT2D eigenvalue weighted by molar-refractivity contribution is 0.0656. The highest BCUT2D eigenvalue weighted by atomic mass is 16.5. The van der Waals surface area contributed by atoms with Crippen LogP contribution in [-0.2, 0) is 6.42 Å². The van der Waals surface area contributed by atoms with Crippen LogP contribution < -0.4 is 4.74 Å². The zero-order valence-electron chi connectivity index (χ0n) is 15.5. The van der Waals surface area contributed by atoms with Gasteiger partial charge < -0.3 is 4.74 Å². The van der Waals surface area contributed by atoms with E-state index in [9.17, 15) is 9.59 Å². The van der Waals surface area contributed by atoms with E-state index in [2.05, 4.69) is 0 Å². The minimum Gasteiger partial charge on any atom is -0.493 e. The van der Waals surface area contributed by atoms with Crippen LogP contribution in [0.3, 0.4) is 0 Å². The van der Waals surface area contributed by atoms with Crippen LogP contribution in [0.1, 0.15) is 58.4 Å². The molecule has 140 valence electrons. The van der Waals surface area contributed by atoms with Gasteiger partial charge in [0.1, 0.15) is 5.75 Å². The fourth-order valence-electron chi connectivity index (χ4n) is 4.04. The second kappa shape index (κ2) is 7.95. The highest BCUT2D eigenvalue weighted by molar-refractivity contribution is 6.21. The summed E-state index contributed by atoms with van der Waals surface area (Å²) in [5.41, 5.74) is 2.09. The molecular weight excluding hydrogens is 338 g/mol. The monoisotopic (exact) mass is 363 g/mol. The zero-order chi connectivity index (χ0) is 18.6. The van der Waals surface area contributed by atoms with Crippen LogP contribution in [0, 0.1) is 5.92 Å². The Hall–Kier alpha value is -2.62. The molecule has 2 aromatic carbocycles. The van der Waals surface area contributed by atoms with Gasteiger partial charge in [0.25, 0.3) is 11.8 Å². The molecule has 1 fully saturated rings. The number of nitrogens with zero attached hydrogens (tertiary/aromatic N) is 1. The van der Waals surface area contributed by atoms with Gasteiger partial charge in [-0.05, 0) is 55.0 Å². The van der Waals surface area contributed by atoms with Crippen molar-refractivity contribution < 1.29 is 14.3 Å². The van der Waals surface area contributed by atoms with Crippen LogP contribution in [0.25, 0.3) is 0 Å². The predicted molar refractivity (Wildman–Crippen MR) is 104 cm³/mol. The number of hydrogen-bond donors (Lipinski definition) is 0. The van der Waals surface area contributed by atoms with Crippen molar-refractivity contribution in [2.24, 2.45) is 5.92 Å². The topological polar surface area (TPSA) is 46.6 Å². The number of ether oxygens (including phenoxy) is 1. The average molecular weight is 363 g/mol. The summed E-state index contributed by atoms with van der Waals surface area (Å²) in [6, 6.07) is 15.0. The first kappa shape index (κ1) is 17.8. The summed E-state index contributed by atoms with van der Waals surface area (Å²) in [6.07, 6.45) is 7.14. The quantitative estimate of drug-likeness (QED) is 0.711. The number of benzene rings is 2. The molecule has 27 heavy (non-hydrogen) atoms. The molecule has 1 aliphatic carbocycles. The third kappa shape index (κ3) is 3.90. The molecule has 4 heteroatoms. The molecule has 0 N–H and O–H groups in total. The summed E-state index contributed by atoms with van der Waals surface area (Å²) in [5, 5.41) is 0. The van der Waals surface area contributed by atoms with E-state index in [-0.39, 0.29) is 11.8 Å². The first-order chi connectivity index (χ1) is 13.2. The van der Waals surface area contributed by atoms with Crippen molar-refractivity contribution >= 4 is 11.8 Å². The maximum absolute atomic E-state index is 12.5. The van der Waals surface area contributed by atoms with Crippen LogP contribution in [-0.4, -0.2) is 29.9 Å². The summed E-state index contributed by atoms with van der Waals surface area (Å²) in [5.74, 6) is 1.15. The molecule has 0 aromatic heterocycles. The van der Waals surface area contributed by atoms with Crippen LogP contribution in [0.4, 0.5) is 0 Å². The number of carbonyl (C=O) groups is 2. The Labute approximate surface area is 160 Å². The van der Waals surface area contributed by atoms with E-state index in [1.165, 1.54) is 37.0 Å². The summed E-state index contributed by atoms with van der Waals surface area (Å²) in [7, 11) is 0. The lowest BCUT2D eigenvalue weighted by Crippen LogP contribution is -2.31. The van der Waals surface area contributed by atoms with Crippen molar-refractivity contribution in [2.45, 2.75) is 38.5 Å². The van der Waals surface area contributed by atoms with Gasteiger partial charge in [-0.1, -0.05) is 43.5 Å². The van der Waals surface area contributed by atoms with Gasteiger partial charge in [-0.15, -0.1) is 0 Å². The third-order valence-corrected chi connectivity index (χ3v) is 5.61. The van der Waals surface area contributed by atoms with Crippen molar-refractivity contribution in [3.8, 4) is 5.75 Å². The SMILES string of the molecule is O=C1c2ccccc2C(=O)N1CCc1cccc(OCC2CCCCC2)c1. The highest BCUT2D eigenvalue weighted by Gasteiger charge is 2.34. The molecule has 1 saturated carbocycles. The summed E-state index contributed by atoms with van der Waals surface area (Å²) < 4.78 is 6.00. The number of hydrogen-bond acceptors (Lipinski definition) is 3. The molecule has 0 radical (unpaired) electrons. The van der Waals surface area contributed by atoms with E-state index >= 15 is 0 Å². The largest absolute Gasteiger partial charge is 0.493 e. The number of imide groups is 1. The molecule has 0 bridgehead atoms. The molecule has 1 heterocycles. The molecule has 0 saturated heterocycles. The zero-order valence-corrected chi connectivity index (χ0v) is 15.5.